The Hall–Kier alpha value is -1.95. The molecule has 1 aromatic carbocycles. The molecule has 4 nitrogen and oxygen atoms in total. The van der Waals surface area contributed by atoms with Gasteiger partial charge in [0.25, 0.3) is 5.91 Å². The summed E-state index contributed by atoms with van der Waals surface area (Å²) in [5, 5.41) is 9.95. The van der Waals surface area contributed by atoms with E-state index in [-0.39, 0.29) is 24.4 Å². The molecule has 23 heavy (non-hydrogen) atoms. The first-order valence-electron chi connectivity index (χ1n) is 7.74. The largest absolute Gasteiger partial charge is 0.498 e. The lowest BCUT2D eigenvalue weighted by atomic mass is 10.0. The average Bonchev–Trinajstić information content (AvgIpc) is 2.91. The van der Waals surface area contributed by atoms with Crippen molar-refractivity contribution in [3.63, 3.8) is 0 Å². The molecule has 1 N–H and O–H groups in total. The lowest BCUT2D eigenvalue weighted by Gasteiger charge is -2.28. The van der Waals surface area contributed by atoms with E-state index in [9.17, 15) is 18.7 Å². The maximum atomic E-state index is 14.1. The number of halogens is 2. The third-order valence-corrected chi connectivity index (χ3v) is 4.43. The molecule has 1 amide bonds. The van der Waals surface area contributed by atoms with E-state index < -0.39 is 23.8 Å². The van der Waals surface area contributed by atoms with Crippen LogP contribution < -0.4 is 0 Å². The van der Waals surface area contributed by atoms with Crippen LogP contribution in [0.1, 0.15) is 37.8 Å². The van der Waals surface area contributed by atoms with Crippen LogP contribution in [0.25, 0.3) is 0 Å². The number of rotatable bonds is 2. The van der Waals surface area contributed by atoms with Gasteiger partial charge < -0.3 is 14.7 Å². The number of amides is 1. The predicted molar refractivity (Wildman–Crippen MR) is 79.3 cm³/mol. The third kappa shape index (κ3) is 3.08. The fourth-order valence-corrected chi connectivity index (χ4v) is 3.27. The minimum absolute atomic E-state index is 0.102. The van der Waals surface area contributed by atoms with Crippen molar-refractivity contribution in [1.29, 1.82) is 0 Å². The van der Waals surface area contributed by atoms with Crippen LogP contribution in [0.4, 0.5) is 8.78 Å². The van der Waals surface area contributed by atoms with E-state index in [4.69, 9.17) is 4.74 Å². The maximum absolute atomic E-state index is 14.1. The Morgan fingerprint density at radius 3 is 2.91 bits per heavy atom. The van der Waals surface area contributed by atoms with Crippen LogP contribution in [0, 0.1) is 11.6 Å². The molecule has 2 atom stereocenters. The number of carbonyl (C=O) groups excluding carboxylic acids is 1. The molecule has 0 bridgehead atoms. The van der Waals surface area contributed by atoms with Gasteiger partial charge in [-0.2, -0.15) is 0 Å². The molecular weight excluding hydrogens is 304 g/mol. The minimum atomic E-state index is -0.753. The van der Waals surface area contributed by atoms with E-state index in [0.717, 1.165) is 24.6 Å². The molecule has 2 aliphatic rings. The first-order chi connectivity index (χ1) is 11.0. The van der Waals surface area contributed by atoms with Gasteiger partial charge in [-0.25, -0.2) is 8.78 Å². The second-order valence-electron chi connectivity index (χ2n) is 6.02. The predicted octanol–water partition coefficient (Wildman–Crippen LogP) is 2.68. The highest BCUT2D eigenvalue weighted by Crippen LogP contribution is 2.36. The molecule has 2 aliphatic heterocycles. The van der Waals surface area contributed by atoms with Crippen molar-refractivity contribution in [2.45, 2.75) is 38.3 Å². The Morgan fingerprint density at radius 2 is 2.17 bits per heavy atom. The van der Waals surface area contributed by atoms with E-state index >= 15 is 0 Å². The van der Waals surface area contributed by atoms with Crippen LogP contribution in [0.3, 0.4) is 0 Å². The molecule has 1 aromatic rings. The van der Waals surface area contributed by atoms with Crippen molar-refractivity contribution >= 4 is 5.91 Å². The number of likely N-dealkylation sites (tertiary alicyclic amines) is 1. The number of benzene rings is 1. The van der Waals surface area contributed by atoms with Gasteiger partial charge in [0.05, 0.1) is 24.3 Å². The normalized spacial score (nSPS) is 24.8. The Morgan fingerprint density at radius 1 is 1.39 bits per heavy atom. The van der Waals surface area contributed by atoms with Crippen LogP contribution in [-0.4, -0.2) is 35.2 Å². The first-order valence-corrected chi connectivity index (χ1v) is 7.74. The molecule has 0 aromatic heterocycles. The van der Waals surface area contributed by atoms with E-state index in [0.29, 0.717) is 24.4 Å². The number of hydrogen-bond donors (Lipinski definition) is 1. The van der Waals surface area contributed by atoms with Gasteiger partial charge in [-0.15, -0.1) is 0 Å². The molecule has 6 heteroatoms. The molecule has 2 heterocycles. The number of ether oxygens (including phenoxy) is 1. The molecule has 1 fully saturated rings. The van der Waals surface area contributed by atoms with Crippen LogP contribution in [0.5, 0.6) is 0 Å². The van der Waals surface area contributed by atoms with Crippen molar-refractivity contribution in [2.75, 3.05) is 13.2 Å². The van der Waals surface area contributed by atoms with Gasteiger partial charge in [0.2, 0.25) is 0 Å². The zero-order valence-electron chi connectivity index (χ0n) is 12.9. The first kappa shape index (κ1) is 15.9. The molecule has 124 valence electrons. The fourth-order valence-electron chi connectivity index (χ4n) is 3.27. The number of hydrogen-bond acceptors (Lipinski definition) is 3. The Kier molecular flexibility index (Phi) is 4.35. The molecule has 0 radical (unpaired) electrons. The molecule has 0 spiro atoms. The van der Waals surface area contributed by atoms with Crippen molar-refractivity contribution in [2.24, 2.45) is 0 Å². The van der Waals surface area contributed by atoms with Gasteiger partial charge in [0.15, 0.2) is 0 Å². The van der Waals surface area contributed by atoms with Crippen LogP contribution >= 0.6 is 0 Å². The van der Waals surface area contributed by atoms with Gasteiger partial charge >= 0.3 is 0 Å². The minimum Gasteiger partial charge on any atom is -0.498 e. The highest BCUT2D eigenvalue weighted by molar-refractivity contribution is 5.94. The highest BCUT2D eigenvalue weighted by atomic mass is 19.1. The Labute approximate surface area is 133 Å². The Bertz CT molecular complexity index is 659. The summed E-state index contributed by atoms with van der Waals surface area (Å²) in [5.74, 6) is -0.839. The molecule has 1 saturated heterocycles. The van der Waals surface area contributed by atoms with Gasteiger partial charge in [0.1, 0.15) is 17.4 Å². The second kappa shape index (κ2) is 6.28. The summed E-state index contributed by atoms with van der Waals surface area (Å²) in [6, 6.07) is 2.51. The number of aliphatic hydroxyl groups is 1. The lowest BCUT2D eigenvalue weighted by Crippen LogP contribution is -2.34. The molecule has 0 saturated carbocycles. The van der Waals surface area contributed by atoms with Gasteiger partial charge in [0, 0.05) is 12.1 Å². The zero-order valence-corrected chi connectivity index (χ0v) is 12.9. The van der Waals surface area contributed by atoms with Crippen LogP contribution in [-0.2, 0) is 9.53 Å². The molecule has 2 unspecified atom stereocenters. The van der Waals surface area contributed by atoms with E-state index in [1.165, 1.54) is 4.90 Å². The quantitative estimate of drug-likeness (QED) is 0.910. The summed E-state index contributed by atoms with van der Waals surface area (Å²) in [7, 11) is 0. The summed E-state index contributed by atoms with van der Waals surface area (Å²) >= 11 is 0. The summed E-state index contributed by atoms with van der Waals surface area (Å²) < 4.78 is 33.0. The monoisotopic (exact) mass is 323 g/mol. The summed E-state index contributed by atoms with van der Waals surface area (Å²) in [6.45, 7) is 2.42. The number of nitrogens with zero attached hydrogens (tertiary/aromatic N) is 1. The maximum Gasteiger partial charge on any atom is 0.253 e. The number of aliphatic hydroxyl groups excluding tert-OH is 1. The summed E-state index contributed by atoms with van der Waals surface area (Å²) in [5.41, 5.74) is 0.650. The average molecular weight is 323 g/mol. The highest BCUT2D eigenvalue weighted by Gasteiger charge is 2.38. The smallest absolute Gasteiger partial charge is 0.253 e. The van der Waals surface area contributed by atoms with E-state index in [1.807, 2.05) is 0 Å². The van der Waals surface area contributed by atoms with Gasteiger partial charge in [-0.3, -0.25) is 4.79 Å². The zero-order chi connectivity index (χ0) is 16.6. The van der Waals surface area contributed by atoms with Crippen molar-refractivity contribution < 1.29 is 23.4 Å². The molecule has 0 aliphatic carbocycles. The molecule has 3 rings (SSSR count). The topological polar surface area (TPSA) is 49.8 Å². The number of β-amino-alcohol motifs (C(OH)–C–C–N with tert-alkyl or cyclic N) is 1. The number of allylic oxidation sites excluding steroid dienone is 1. The van der Waals surface area contributed by atoms with E-state index in [2.05, 4.69) is 0 Å². The standard InChI is InChI=1S/C17H19F2NO3/c1-10-13(3-2-6-23-10)17(22)20-9-12(21)8-16(20)14-7-11(18)4-5-15(14)19/h4-5,7,12,16,21H,2-3,6,8-9H2,1H3. The van der Waals surface area contributed by atoms with Crippen molar-refractivity contribution in [3.8, 4) is 0 Å². The second-order valence-corrected chi connectivity index (χ2v) is 6.02. The van der Waals surface area contributed by atoms with E-state index in [1.54, 1.807) is 6.92 Å². The fraction of sp³-hybridized carbons (Fsp3) is 0.471. The lowest BCUT2D eigenvalue weighted by molar-refractivity contribution is -0.129. The number of carbonyl (C=O) groups is 1. The van der Waals surface area contributed by atoms with Crippen LogP contribution in [0.2, 0.25) is 0 Å². The SMILES string of the molecule is CC1=C(C(=O)N2CC(O)CC2c2cc(F)ccc2F)CCCO1. The third-order valence-electron chi connectivity index (χ3n) is 4.43. The summed E-state index contributed by atoms with van der Waals surface area (Å²) in [4.78, 5) is 14.2. The summed E-state index contributed by atoms with van der Waals surface area (Å²) in [6.07, 6.45) is 0.778. The van der Waals surface area contributed by atoms with Crippen molar-refractivity contribution in [3.05, 3.63) is 46.7 Å². The van der Waals surface area contributed by atoms with Crippen LogP contribution in [0.15, 0.2) is 29.5 Å². The van der Waals surface area contributed by atoms with Gasteiger partial charge in [-0.05, 0) is 44.4 Å². The van der Waals surface area contributed by atoms with Gasteiger partial charge in [-0.1, -0.05) is 0 Å². The Balaban J connectivity index is 1.94. The molecular formula is C17H19F2NO3. The van der Waals surface area contributed by atoms with Crippen molar-refractivity contribution in [1.82, 2.24) is 4.90 Å².